The first-order chi connectivity index (χ1) is 17.4. The van der Waals surface area contributed by atoms with Crippen LogP contribution in [0.4, 0.5) is 10.5 Å². The van der Waals surface area contributed by atoms with Gasteiger partial charge in [-0.3, -0.25) is 9.59 Å². The van der Waals surface area contributed by atoms with Crippen molar-refractivity contribution in [3.05, 3.63) is 64.2 Å². The van der Waals surface area contributed by atoms with Gasteiger partial charge in [-0.25, -0.2) is 4.79 Å². The first-order valence-electron chi connectivity index (χ1n) is 11.8. The zero-order valence-corrected chi connectivity index (χ0v) is 22.4. The highest BCUT2D eigenvalue weighted by molar-refractivity contribution is 6.34. The van der Waals surface area contributed by atoms with Crippen molar-refractivity contribution < 1.29 is 24.2 Å². The number of rotatable bonds is 9. The van der Waals surface area contributed by atoms with E-state index in [4.69, 9.17) is 16.3 Å². The maximum Gasteiger partial charge on any atom is 0.408 e. The molecule has 0 spiro atoms. The smallest absolute Gasteiger partial charge is 0.408 e. The van der Waals surface area contributed by atoms with E-state index in [1.54, 1.807) is 58.0 Å². The molecule has 10 heteroatoms. The molecule has 0 fully saturated rings. The van der Waals surface area contributed by atoms with Crippen LogP contribution < -0.4 is 10.6 Å². The molecule has 2 unspecified atom stereocenters. The lowest BCUT2D eigenvalue weighted by Crippen LogP contribution is -2.54. The van der Waals surface area contributed by atoms with Gasteiger partial charge in [-0.2, -0.15) is 5.26 Å². The van der Waals surface area contributed by atoms with Crippen molar-refractivity contribution in [1.29, 1.82) is 5.26 Å². The summed E-state index contributed by atoms with van der Waals surface area (Å²) in [5.41, 5.74) is 1.70. The van der Waals surface area contributed by atoms with E-state index in [0.717, 1.165) is 16.9 Å². The Morgan fingerprint density at radius 2 is 1.81 bits per heavy atom. The number of anilines is 1. The Morgan fingerprint density at radius 3 is 2.32 bits per heavy atom. The molecule has 0 radical (unpaired) electrons. The molecule has 0 saturated heterocycles. The number of ether oxygens (including phenoxy) is 1. The molecule has 0 aromatic heterocycles. The summed E-state index contributed by atoms with van der Waals surface area (Å²) >= 11 is 6.31. The number of nitrogens with zero attached hydrogens (tertiary/aromatic N) is 2. The van der Waals surface area contributed by atoms with E-state index in [-0.39, 0.29) is 0 Å². The van der Waals surface area contributed by atoms with Crippen LogP contribution in [-0.4, -0.2) is 52.7 Å². The molecule has 0 aliphatic carbocycles. The molecule has 2 rings (SSSR count). The highest BCUT2D eigenvalue weighted by Gasteiger charge is 2.36. The van der Waals surface area contributed by atoms with Gasteiger partial charge in [0, 0.05) is 0 Å². The molecule has 2 aromatic carbocycles. The van der Waals surface area contributed by atoms with Crippen LogP contribution in [0.25, 0.3) is 0 Å². The minimum absolute atomic E-state index is 0.311. The second-order valence-electron chi connectivity index (χ2n) is 9.42. The maximum absolute atomic E-state index is 13.7. The third-order valence-corrected chi connectivity index (χ3v) is 5.74. The minimum atomic E-state index is -1.45. The van der Waals surface area contributed by atoms with Gasteiger partial charge in [0.15, 0.2) is 0 Å². The molecule has 0 aliphatic heterocycles. The number of carbonyl (C=O) groups is 3. The minimum Gasteiger partial charge on any atom is -0.444 e. The zero-order chi connectivity index (χ0) is 27.8. The van der Waals surface area contributed by atoms with Crippen molar-refractivity contribution in [2.24, 2.45) is 0 Å². The molecule has 2 aromatic rings. The normalized spacial score (nSPS) is 12.6. The first-order valence-corrected chi connectivity index (χ1v) is 12.2. The van der Waals surface area contributed by atoms with Crippen molar-refractivity contribution in [3.8, 4) is 6.07 Å². The number of benzene rings is 2. The maximum atomic E-state index is 13.7. The largest absolute Gasteiger partial charge is 0.444 e. The number of amides is 3. The lowest BCUT2D eigenvalue weighted by atomic mass is 10.0. The number of carbonyl (C=O) groups excluding carboxylic acids is 3. The number of hydrogen-bond donors (Lipinski definition) is 3. The number of aryl methyl sites for hydroxylation is 2. The van der Waals surface area contributed by atoms with Gasteiger partial charge in [-0.1, -0.05) is 54.9 Å². The number of nitriles is 1. The van der Waals surface area contributed by atoms with Crippen LogP contribution in [-0.2, 0) is 20.7 Å². The van der Waals surface area contributed by atoms with Crippen LogP contribution >= 0.6 is 11.6 Å². The number of nitrogens with one attached hydrogen (secondary N) is 2. The Hall–Kier alpha value is -3.61. The van der Waals surface area contributed by atoms with E-state index in [1.165, 1.54) is 0 Å². The number of hydrogen-bond acceptors (Lipinski definition) is 6. The van der Waals surface area contributed by atoms with Gasteiger partial charge in [-0.05, 0) is 56.9 Å². The Labute approximate surface area is 222 Å². The fraction of sp³-hybridized carbons (Fsp3) is 0.407. The van der Waals surface area contributed by atoms with Crippen LogP contribution in [0.15, 0.2) is 42.5 Å². The van der Waals surface area contributed by atoms with Crippen molar-refractivity contribution in [2.45, 2.75) is 58.7 Å². The predicted octanol–water partition coefficient (Wildman–Crippen LogP) is 4.13. The van der Waals surface area contributed by atoms with Crippen LogP contribution in [0.3, 0.4) is 0 Å². The van der Waals surface area contributed by atoms with Gasteiger partial charge >= 0.3 is 6.09 Å². The van der Waals surface area contributed by atoms with Gasteiger partial charge in [0.05, 0.1) is 23.4 Å². The SMILES string of the molecule is CCc1ccc(C(C(=O)Nc2c(C)cccc2Cl)N(CC#N)C(=O)C(CO)NC(=O)OC(C)(C)C)cc1. The molecule has 37 heavy (non-hydrogen) atoms. The topological polar surface area (TPSA) is 132 Å². The molecule has 9 nitrogen and oxygen atoms in total. The standard InChI is InChI=1S/C27H33ClN4O5/c1-6-18-10-12-19(13-11-18)23(24(34)31-22-17(2)8-7-9-20(22)28)32(15-14-29)25(35)21(16-33)30-26(36)37-27(3,4)5/h7-13,21,23,33H,6,15-16H2,1-5H3,(H,30,36)(H,31,34). The average molecular weight is 529 g/mol. The van der Waals surface area contributed by atoms with E-state index < -0.39 is 48.7 Å². The number of halogens is 1. The summed E-state index contributed by atoms with van der Waals surface area (Å²) in [5.74, 6) is -1.44. The molecule has 0 aliphatic rings. The third kappa shape index (κ3) is 8.20. The molecule has 0 saturated carbocycles. The summed E-state index contributed by atoms with van der Waals surface area (Å²) in [5, 5.41) is 24.9. The molecular formula is C27H33ClN4O5. The summed E-state index contributed by atoms with van der Waals surface area (Å²) in [6, 6.07) is 11.4. The monoisotopic (exact) mass is 528 g/mol. The zero-order valence-electron chi connectivity index (χ0n) is 21.7. The fourth-order valence-corrected chi connectivity index (χ4v) is 3.87. The number of aliphatic hydroxyl groups is 1. The molecule has 0 bridgehead atoms. The number of alkyl carbamates (subject to hydrolysis) is 1. The molecular weight excluding hydrogens is 496 g/mol. The van der Waals surface area contributed by atoms with Crippen LogP contribution in [0.1, 0.15) is 50.4 Å². The number of aliphatic hydroxyl groups excluding tert-OH is 1. The van der Waals surface area contributed by atoms with Gasteiger partial charge in [0.25, 0.3) is 5.91 Å². The lowest BCUT2D eigenvalue weighted by Gasteiger charge is -2.32. The summed E-state index contributed by atoms with van der Waals surface area (Å²) in [6.45, 7) is 7.47. The van der Waals surface area contributed by atoms with Gasteiger partial charge in [-0.15, -0.1) is 0 Å². The van der Waals surface area contributed by atoms with E-state index in [0.29, 0.717) is 21.8 Å². The van der Waals surface area contributed by atoms with Gasteiger partial charge in [0.1, 0.15) is 24.2 Å². The van der Waals surface area contributed by atoms with E-state index in [2.05, 4.69) is 10.6 Å². The summed E-state index contributed by atoms with van der Waals surface area (Å²) in [6.07, 6.45) is -0.153. The van der Waals surface area contributed by atoms with Crippen molar-refractivity contribution in [2.75, 3.05) is 18.5 Å². The Morgan fingerprint density at radius 1 is 1.16 bits per heavy atom. The Kier molecular flexibility index (Phi) is 10.5. The van der Waals surface area contributed by atoms with Crippen molar-refractivity contribution >= 4 is 35.2 Å². The molecule has 0 heterocycles. The van der Waals surface area contributed by atoms with E-state index in [1.807, 2.05) is 25.1 Å². The Balaban J connectivity index is 2.50. The molecule has 2 atom stereocenters. The number of para-hydroxylation sites is 1. The van der Waals surface area contributed by atoms with E-state index >= 15 is 0 Å². The van der Waals surface area contributed by atoms with Crippen LogP contribution in [0, 0.1) is 18.3 Å². The second-order valence-corrected chi connectivity index (χ2v) is 9.83. The summed E-state index contributed by atoms with van der Waals surface area (Å²) in [4.78, 5) is 40.5. The summed E-state index contributed by atoms with van der Waals surface area (Å²) < 4.78 is 5.19. The molecule has 3 N–H and O–H groups in total. The fourth-order valence-electron chi connectivity index (χ4n) is 3.60. The highest BCUT2D eigenvalue weighted by Crippen LogP contribution is 2.29. The Bertz CT molecular complexity index is 1130. The summed E-state index contributed by atoms with van der Waals surface area (Å²) in [7, 11) is 0. The second kappa shape index (κ2) is 13.1. The van der Waals surface area contributed by atoms with Crippen LogP contribution in [0.5, 0.6) is 0 Å². The van der Waals surface area contributed by atoms with Crippen molar-refractivity contribution in [1.82, 2.24) is 10.2 Å². The van der Waals surface area contributed by atoms with Crippen LogP contribution in [0.2, 0.25) is 5.02 Å². The lowest BCUT2D eigenvalue weighted by molar-refractivity contribution is -0.140. The van der Waals surface area contributed by atoms with Gasteiger partial charge < -0.3 is 25.4 Å². The highest BCUT2D eigenvalue weighted by atomic mass is 35.5. The first kappa shape index (κ1) is 29.6. The van der Waals surface area contributed by atoms with E-state index in [9.17, 15) is 24.8 Å². The van der Waals surface area contributed by atoms with Gasteiger partial charge in [0.2, 0.25) is 5.91 Å². The molecule has 3 amide bonds. The molecule has 198 valence electrons. The third-order valence-electron chi connectivity index (χ3n) is 5.43. The average Bonchev–Trinajstić information content (AvgIpc) is 2.83. The quantitative estimate of drug-likeness (QED) is 0.419. The van der Waals surface area contributed by atoms with Crippen molar-refractivity contribution in [3.63, 3.8) is 0 Å². The predicted molar refractivity (Wildman–Crippen MR) is 141 cm³/mol.